The van der Waals surface area contributed by atoms with Crippen molar-refractivity contribution in [2.45, 2.75) is 64.0 Å². The molecule has 0 saturated heterocycles. The number of carbonyl (C=O) groups excluding carboxylic acids is 1. The molecule has 1 aliphatic carbocycles. The zero-order valence-electron chi connectivity index (χ0n) is 21.4. The number of nitrogens with zero attached hydrogens (tertiary/aromatic N) is 3. The van der Waals surface area contributed by atoms with E-state index in [9.17, 15) is 19.1 Å². The molecule has 0 bridgehead atoms. The molecule has 1 aromatic heterocycles. The highest BCUT2D eigenvalue weighted by Crippen LogP contribution is 2.41. The number of ether oxygens (including phenoxy) is 2. The lowest BCUT2D eigenvalue weighted by atomic mass is 9.85. The van der Waals surface area contributed by atoms with Crippen LogP contribution in [0.5, 0.6) is 5.75 Å². The van der Waals surface area contributed by atoms with Gasteiger partial charge in [-0.15, -0.1) is 0 Å². The van der Waals surface area contributed by atoms with Crippen molar-refractivity contribution in [3.05, 3.63) is 53.1 Å². The molecule has 2 aromatic carbocycles. The molecule has 0 spiro atoms. The van der Waals surface area contributed by atoms with Gasteiger partial charge in [0.2, 0.25) is 0 Å². The highest BCUT2D eigenvalue weighted by molar-refractivity contribution is 5.95. The molecule has 8 nitrogen and oxygen atoms in total. The summed E-state index contributed by atoms with van der Waals surface area (Å²) in [5, 5.41) is 9.72. The quantitative estimate of drug-likeness (QED) is 0.488. The lowest BCUT2D eigenvalue weighted by Crippen LogP contribution is -2.42. The third kappa shape index (κ3) is 4.63. The lowest BCUT2D eigenvalue weighted by molar-refractivity contribution is -0.143. The Balaban J connectivity index is 1.66. The Morgan fingerprint density at radius 1 is 1.16 bits per heavy atom. The molecule has 2 heterocycles. The van der Waals surface area contributed by atoms with Gasteiger partial charge in [0, 0.05) is 30.1 Å². The molecule has 3 atom stereocenters. The van der Waals surface area contributed by atoms with E-state index in [4.69, 9.17) is 14.5 Å². The van der Waals surface area contributed by atoms with Gasteiger partial charge in [-0.1, -0.05) is 6.42 Å². The normalized spacial score (nSPS) is 21.5. The number of anilines is 1. The van der Waals surface area contributed by atoms with Gasteiger partial charge in [0.25, 0.3) is 0 Å². The van der Waals surface area contributed by atoms with Crippen LogP contribution in [0.1, 0.15) is 62.0 Å². The predicted octanol–water partition coefficient (Wildman–Crippen LogP) is 5.50. The van der Waals surface area contributed by atoms with E-state index in [1.54, 1.807) is 11.0 Å². The van der Waals surface area contributed by atoms with Crippen LogP contribution in [0.25, 0.3) is 11.0 Å². The number of hydrogen-bond donors (Lipinski definition) is 1. The van der Waals surface area contributed by atoms with Gasteiger partial charge < -0.3 is 19.1 Å². The van der Waals surface area contributed by atoms with Crippen LogP contribution in [0.2, 0.25) is 0 Å². The molecule has 9 heteroatoms. The van der Waals surface area contributed by atoms with Gasteiger partial charge in [0.05, 0.1) is 36.9 Å². The van der Waals surface area contributed by atoms with Gasteiger partial charge in [0.1, 0.15) is 17.4 Å². The van der Waals surface area contributed by atoms with Gasteiger partial charge in [-0.05, 0) is 68.9 Å². The molecule has 1 saturated carbocycles. The van der Waals surface area contributed by atoms with Crippen LogP contribution in [0.4, 0.5) is 14.9 Å². The first-order valence-corrected chi connectivity index (χ1v) is 12.8. The minimum Gasteiger partial charge on any atom is -0.497 e. The standard InChI is InChI=1S/C28H32FN3O5/c1-16-7-8-22-23(31(16)28(35)37-3)9-10-24-26(22)30-25(13-17-11-19(29)15-21(12-17)36-2)32(24)20-6-4-5-18(14-20)27(33)34/h9-12,15-16,18,20H,4-8,13-14H2,1-3H3,(H,33,34)/t16?,18-,20-/m1/s1. The highest BCUT2D eigenvalue weighted by Gasteiger charge is 2.34. The lowest BCUT2D eigenvalue weighted by Gasteiger charge is -2.34. The van der Waals surface area contributed by atoms with E-state index in [0.717, 1.165) is 59.4 Å². The molecule has 0 radical (unpaired) electrons. The Hall–Kier alpha value is -3.62. The van der Waals surface area contributed by atoms with Crippen molar-refractivity contribution >= 4 is 28.8 Å². The zero-order chi connectivity index (χ0) is 26.3. The molecule has 3 aromatic rings. The monoisotopic (exact) mass is 509 g/mol. The van der Waals surface area contributed by atoms with Crippen molar-refractivity contribution in [1.82, 2.24) is 9.55 Å². The van der Waals surface area contributed by atoms with E-state index in [1.165, 1.54) is 26.4 Å². The van der Waals surface area contributed by atoms with Gasteiger partial charge in [-0.3, -0.25) is 9.69 Å². The smallest absolute Gasteiger partial charge is 0.414 e. The van der Waals surface area contributed by atoms with E-state index < -0.39 is 18.0 Å². The summed E-state index contributed by atoms with van der Waals surface area (Å²) < 4.78 is 26.8. The number of methoxy groups -OCH3 is 2. The number of amides is 1. The summed E-state index contributed by atoms with van der Waals surface area (Å²) in [6.07, 6.45) is 4.32. The molecule has 1 fully saturated rings. The molecular formula is C28H32FN3O5. The van der Waals surface area contributed by atoms with E-state index >= 15 is 0 Å². The summed E-state index contributed by atoms with van der Waals surface area (Å²) in [6.45, 7) is 2.00. The summed E-state index contributed by atoms with van der Waals surface area (Å²) >= 11 is 0. The number of carboxylic acid groups (broad SMARTS) is 1. The number of carboxylic acids is 1. The first-order chi connectivity index (χ1) is 17.8. The number of aromatic nitrogens is 2. The van der Waals surface area contributed by atoms with E-state index in [2.05, 4.69) is 4.57 Å². The molecule has 1 unspecified atom stereocenters. The minimum atomic E-state index is -0.773. The first-order valence-electron chi connectivity index (χ1n) is 12.8. The minimum absolute atomic E-state index is 0.00613. The number of fused-ring (bicyclic) bond motifs is 3. The number of carbonyl (C=O) groups is 2. The second kappa shape index (κ2) is 10.0. The number of hydrogen-bond acceptors (Lipinski definition) is 5. The van der Waals surface area contributed by atoms with E-state index in [0.29, 0.717) is 25.0 Å². The molecule has 1 aliphatic heterocycles. The number of aliphatic carboxylic acids is 1. The molecule has 196 valence electrons. The first kappa shape index (κ1) is 25.0. The maximum absolute atomic E-state index is 14.3. The van der Waals surface area contributed by atoms with Crippen molar-refractivity contribution in [3.63, 3.8) is 0 Å². The fraction of sp³-hybridized carbons (Fsp3) is 0.464. The van der Waals surface area contributed by atoms with Crippen LogP contribution in [-0.4, -0.2) is 47.0 Å². The van der Waals surface area contributed by atoms with Crippen molar-refractivity contribution in [1.29, 1.82) is 0 Å². The Morgan fingerprint density at radius 3 is 2.70 bits per heavy atom. The topological polar surface area (TPSA) is 93.9 Å². The molecule has 1 amide bonds. The van der Waals surface area contributed by atoms with Crippen LogP contribution < -0.4 is 9.64 Å². The maximum atomic E-state index is 14.3. The number of benzene rings is 2. The average Bonchev–Trinajstić information content (AvgIpc) is 3.25. The van der Waals surface area contributed by atoms with Crippen LogP contribution in [-0.2, 0) is 22.4 Å². The van der Waals surface area contributed by atoms with Crippen molar-refractivity contribution in [2.75, 3.05) is 19.1 Å². The van der Waals surface area contributed by atoms with Crippen LogP contribution in [0.15, 0.2) is 30.3 Å². The van der Waals surface area contributed by atoms with Gasteiger partial charge in [-0.2, -0.15) is 0 Å². The molecular weight excluding hydrogens is 477 g/mol. The van der Waals surface area contributed by atoms with Gasteiger partial charge in [0.15, 0.2) is 0 Å². The second-order valence-electron chi connectivity index (χ2n) is 10.1. The second-order valence-corrected chi connectivity index (χ2v) is 10.1. The van der Waals surface area contributed by atoms with Gasteiger partial charge >= 0.3 is 12.1 Å². The van der Waals surface area contributed by atoms with Crippen LogP contribution in [0, 0.1) is 11.7 Å². The fourth-order valence-corrected chi connectivity index (χ4v) is 6.00. The summed E-state index contributed by atoms with van der Waals surface area (Å²) in [4.78, 5) is 31.2. The Morgan fingerprint density at radius 2 is 1.97 bits per heavy atom. The van der Waals surface area contributed by atoms with Crippen LogP contribution in [0.3, 0.4) is 0 Å². The Labute approximate surface area is 215 Å². The van der Waals surface area contributed by atoms with Crippen LogP contribution >= 0.6 is 0 Å². The van der Waals surface area contributed by atoms with E-state index in [1.807, 2.05) is 19.1 Å². The molecule has 5 rings (SSSR count). The molecule has 1 N–H and O–H groups in total. The molecule has 37 heavy (non-hydrogen) atoms. The highest BCUT2D eigenvalue weighted by atomic mass is 19.1. The van der Waals surface area contributed by atoms with Gasteiger partial charge in [-0.25, -0.2) is 14.2 Å². The summed E-state index contributed by atoms with van der Waals surface area (Å²) in [5.41, 5.74) is 4.19. The number of halogens is 1. The van der Waals surface area contributed by atoms with Crippen molar-refractivity contribution in [2.24, 2.45) is 5.92 Å². The number of rotatable bonds is 5. The number of aryl methyl sites for hydroxylation is 1. The average molecular weight is 510 g/mol. The van der Waals surface area contributed by atoms with Crippen molar-refractivity contribution in [3.8, 4) is 5.75 Å². The van der Waals surface area contributed by atoms with Crippen molar-refractivity contribution < 1.29 is 28.6 Å². The summed E-state index contributed by atoms with van der Waals surface area (Å²) in [5.74, 6) is -0.394. The summed E-state index contributed by atoms with van der Waals surface area (Å²) in [6, 6.07) is 8.47. The third-order valence-electron chi connectivity index (χ3n) is 7.79. The Bertz CT molecular complexity index is 1350. The fourth-order valence-electron chi connectivity index (χ4n) is 6.00. The maximum Gasteiger partial charge on any atom is 0.414 e. The zero-order valence-corrected chi connectivity index (χ0v) is 21.4. The number of imidazole rings is 1. The van der Waals surface area contributed by atoms with E-state index in [-0.39, 0.29) is 17.9 Å². The summed E-state index contributed by atoms with van der Waals surface area (Å²) in [7, 11) is 2.88. The predicted molar refractivity (Wildman–Crippen MR) is 137 cm³/mol. The largest absolute Gasteiger partial charge is 0.497 e. The SMILES string of the molecule is COC(=O)N1c2ccc3c(nc(Cc4cc(F)cc(OC)c4)n3[C@@H]3CCC[C@@H](C(=O)O)C3)c2CCC1C. The third-order valence-corrected chi connectivity index (χ3v) is 7.79. The molecule has 2 aliphatic rings. The Kier molecular flexibility index (Phi) is 6.79.